The molecule has 2 aliphatic rings. The summed E-state index contributed by atoms with van der Waals surface area (Å²) in [6.07, 6.45) is 3.50. The average Bonchev–Trinajstić information content (AvgIpc) is 3.53. The molecule has 1 aromatic heterocycles. The van der Waals surface area contributed by atoms with Crippen LogP contribution in [0.1, 0.15) is 44.9 Å². The van der Waals surface area contributed by atoms with Crippen LogP contribution in [0.5, 0.6) is 0 Å². The first-order valence-electron chi connectivity index (χ1n) is 12.0. The quantitative estimate of drug-likeness (QED) is 0.601. The topological polar surface area (TPSA) is 117 Å². The molecule has 0 spiro atoms. The molecule has 1 aliphatic heterocycles. The number of rotatable bonds is 6. The summed E-state index contributed by atoms with van der Waals surface area (Å²) in [7, 11) is -3.32. The smallest absolute Gasteiger partial charge is 0.411 e. The average molecular weight is 530 g/mol. The van der Waals surface area contributed by atoms with Crippen molar-refractivity contribution in [3.05, 3.63) is 41.3 Å². The number of nitrogens with one attached hydrogen (secondary N) is 1. The van der Waals surface area contributed by atoms with E-state index >= 15 is 0 Å². The highest BCUT2D eigenvalue weighted by Gasteiger charge is 2.52. The number of carbonyl (C=O) groups excluding carboxylic acids is 2. The highest BCUT2D eigenvalue weighted by atomic mass is 32.2. The second kappa shape index (κ2) is 9.87. The zero-order valence-electron chi connectivity index (χ0n) is 20.9. The first-order chi connectivity index (χ1) is 16.9. The van der Waals surface area contributed by atoms with Gasteiger partial charge in [0.25, 0.3) is 0 Å². The van der Waals surface area contributed by atoms with Gasteiger partial charge in [0, 0.05) is 28.5 Å². The molecule has 8 nitrogen and oxygen atoms in total. The van der Waals surface area contributed by atoms with Gasteiger partial charge in [-0.1, -0.05) is 12.1 Å². The second-order valence-corrected chi connectivity index (χ2v) is 13.7. The molecule has 4 rings (SSSR count). The molecule has 2 amide bonds. The summed E-state index contributed by atoms with van der Waals surface area (Å²) < 4.78 is 29.3. The molecule has 1 aromatic carbocycles. The second-order valence-electron chi connectivity index (χ2n) is 10.5. The molecule has 1 saturated carbocycles. The number of nitriles is 1. The SMILES string of the molecule is CC(C)(C)OC(=O)N1C2CCC(C2)C1C(=O)NC(C#N)Cc1ccc(-c2cccc(S(C)(=O)=O)c2)s1. The van der Waals surface area contributed by atoms with Gasteiger partial charge >= 0.3 is 6.09 Å². The zero-order chi connectivity index (χ0) is 26.3. The molecule has 192 valence electrons. The van der Waals surface area contributed by atoms with Crippen molar-refractivity contribution >= 4 is 33.2 Å². The van der Waals surface area contributed by atoms with Crippen molar-refractivity contribution in [2.45, 2.75) is 75.1 Å². The van der Waals surface area contributed by atoms with E-state index in [0.717, 1.165) is 34.6 Å². The highest BCUT2D eigenvalue weighted by molar-refractivity contribution is 7.90. The Bertz CT molecular complexity index is 1310. The number of hydrogen-bond donors (Lipinski definition) is 1. The van der Waals surface area contributed by atoms with E-state index in [0.29, 0.717) is 6.42 Å². The number of likely N-dealkylation sites (tertiary alicyclic amines) is 1. The maximum atomic E-state index is 13.3. The van der Waals surface area contributed by atoms with Crippen molar-refractivity contribution in [1.29, 1.82) is 5.26 Å². The lowest BCUT2D eigenvalue weighted by Gasteiger charge is -2.35. The number of piperidine rings is 1. The molecular weight excluding hydrogens is 498 g/mol. The Morgan fingerprint density at radius 2 is 2.00 bits per heavy atom. The van der Waals surface area contributed by atoms with Gasteiger partial charge in [-0.05, 0) is 75.8 Å². The van der Waals surface area contributed by atoms with Crippen molar-refractivity contribution in [3.63, 3.8) is 0 Å². The molecule has 1 aliphatic carbocycles. The van der Waals surface area contributed by atoms with Gasteiger partial charge in [0.15, 0.2) is 9.84 Å². The Morgan fingerprint density at radius 3 is 2.67 bits per heavy atom. The van der Waals surface area contributed by atoms with E-state index in [4.69, 9.17) is 4.74 Å². The minimum Gasteiger partial charge on any atom is -0.444 e. The fourth-order valence-electron chi connectivity index (χ4n) is 5.01. The Kier molecular flexibility index (Phi) is 7.17. The number of fused-ring (bicyclic) bond motifs is 2. The van der Waals surface area contributed by atoms with Crippen molar-refractivity contribution in [3.8, 4) is 16.5 Å². The number of carbonyl (C=O) groups is 2. The van der Waals surface area contributed by atoms with Crippen LogP contribution in [0.4, 0.5) is 4.79 Å². The molecule has 1 N–H and O–H groups in total. The maximum Gasteiger partial charge on any atom is 0.411 e. The van der Waals surface area contributed by atoms with Crippen LogP contribution in [0.25, 0.3) is 10.4 Å². The van der Waals surface area contributed by atoms with Crippen LogP contribution in [-0.2, 0) is 25.8 Å². The van der Waals surface area contributed by atoms with Crippen LogP contribution in [0.2, 0.25) is 0 Å². The lowest BCUT2D eigenvalue weighted by atomic mass is 9.97. The van der Waals surface area contributed by atoms with E-state index in [2.05, 4.69) is 11.4 Å². The monoisotopic (exact) mass is 529 g/mol. The highest BCUT2D eigenvalue weighted by Crippen LogP contribution is 2.43. The van der Waals surface area contributed by atoms with Crippen LogP contribution in [0.15, 0.2) is 41.3 Å². The number of sulfone groups is 1. The molecule has 2 fully saturated rings. The summed E-state index contributed by atoms with van der Waals surface area (Å²) in [6.45, 7) is 5.40. The summed E-state index contributed by atoms with van der Waals surface area (Å²) >= 11 is 1.45. The number of amides is 2. The number of hydrogen-bond acceptors (Lipinski definition) is 7. The minimum atomic E-state index is -3.32. The van der Waals surface area contributed by atoms with Crippen LogP contribution < -0.4 is 5.32 Å². The largest absolute Gasteiger partial charge is 0.444 e. The Hall–Kier alpha value is -2.90. The number of ether oxygens (including phenoxy) is 1. The van der Waals surface area contributed by atoms with E-state index in [1.165, 1.54) is 17.6 Å². The van der Waals surface area contributed by atoms with Crippen molar-refractivity contribution < 1.29 is 22.7 Å². The third kappa shape index (κ3) is 5.73. The third-order valence-electron chi connectivity index (χ3n) is 6.54. The van der Waals surface area contributed by atoms with Crippen molar-refractivity contribution in [2.75, 3.05) is 6.26 Å². The summed E-state index contributed by atoms with van der Waals surface area (Å²) in [5.41, 5.74) is 0.119. The fourth-order valence-corrected chi connectivity index (χ4v) is 6.73. The number of benzene rings is 1. The Labute approximate surface area is 216 Å². The minimum absolute atomic E-state index is 0.0105. The van der Waals surface area contributed by atoms with E-state index in [1.807, 2.05) is 18.2 Å². The maximum absolute atomic E-state index is 13.3. The van der Waals surface area contributed by atoms with Gasteiger partial charge in [-0.15, -0.1) is 11.3 Å². The Morgan fingerprint density at radius 1 is 1.25 bits per heavy atom. The van der Waals surface area contributed by atoms with E-state index in [-0.39, 0.29) is 22.8 Å². The normalized spacial score (nSPS) is 22.2. The van der Waals surface area contributed by atoms with E-state index in [1.54, 1.807) is 43.9 Å². The molecule has 2 bridgehead atoms. The lowest BCUT2D eigenvalue weighted by Crippen LogP contribution is -2.55. The van der Waals surface area contributed by atoms with Gasteiger partial charge in [-0.25, -0.2) is 13.2 Å². The molecule has 10 heteroatoms. The summed E-state index contributed by atoms with van der Waals surface area (Å²) in [6, 6.07) is 11.3. The van der Waals surface area contributed by atoms with Gasteiger partial charge in [0.1, 0.15) is 17.7 Å². The van der Waals surface area contributed by atoms with Gasteiger partial charge in [0.05, 0.1) is 11.0 Å². The van der Waals surface area contributed by atoms with Crippen molar-refractivity contribution in [1.82, 2.24) is 10.2 Å². The van der Waals surface area contributed by atoms with Gasteiger partial charge in [-0.2, -0.15) is 5.26 Å². The standard InChI is InChI=1S/C26H31N3O5S2/c1-26(2,3)34-25(31)29-19-9-8-17(12-19)23(29)24(30)28-18(15-27)14-20-10-11-22(35-20)16-6-5-7-21(13-16)36(4,32)33/h5-7,10-11,13,17-19,23H,8-9,12,14H2,1-4H3,(H,28,30). The summed E-state index contributed by atoms with van der Waals surface area (Å²) in [5, 5.41) is 12.6. The molecule has 4 atom stereocenters. The van der Waals surface area contributed by atoms with Crippen LogP contribution in [0, 0.1) is 17.2 Å². The zero-order valence-corrected chi connectivity index (χ0v) is 22.5. The van der Waals surface area contributed by atoms with Gasteiger partial charge in [0.2, 0.25) is 5.91 Å². The summed E-state index contributed by atoms with van der Waals surface area (Å²) in [4.78, 5) is 29.7. The molecule has 1 saturated heterocycles. The summed E-state index contributed by atoms with van der Waals surface area (Å²) in [5.74, 6) is -0.255. The first kappa shape index (κ1) is 26.2. The number of thiophene rings is 1. The van der Waals surface area contributed by atoms with E-state index < -0.39 is 33.6 Å². The molecule has 4 unspecified atom stereocenters. The first-order valence-corrected chi connectivity index (χ1v) is 14.7. The Balaban J connectivity index is 1.45. The van der Waals surface area contributed by atoms with E-state index in [9.17, 15) is 23.3 Å². The van der Waals surface area contributed by atoms with Crippen molar-refractivity contribution in [2.24, 2.45) is 5.92 Å². The predicted molar refractivity (Wildman–Crippen MR) is 137 cm³/mol. The van der Waals surface area contributed by atoms with Gasteiger partial charge in [-0.3, -0.25) is 9.69 Å². The molecule has 2 aromatic rings. The molecule has 36 heavy (non-hydrogen) atoms. The molecule has 2 heterocycles. The van der Waals surface area contributed by atoms with Gasteiger partial charge < -0.3 is 10.1 Å². The predicted octanol–water partition coefficient (Wildman–Crippen LogP) is 4.16. The van der Waals surface area contributed by atoms with Crippen LogP contribution in [0.3, 0.4) is 0 Å². The number of nitrogens with zero attached hydrogens (tertiary/aromatic N) is 2. The van der Waals surface area contributed by atoms with Crippen LogP contribution in [-0.4, -0.2) is 55.3 Å². The lowest BCUT2D eigenvalue weighted by molar-refractivity contribution is -0.128. The fraction of sp³-hybridized carbons (Fsp3) is 0.500. The van der Waals surface area contributed by atoms with Crippen LogP contribution >= 0.6 is 11.3 Å². The molecule has 0 radical (unpaired) electrons. The molecular formula is C26H31N3O5S2. The third-order valence-corrected chi connectivity index (χ3v) is 8.81.